The monoisotopic (exact) mass is 323 g/mol. The van der Waals surface area contributed by atoms with Crippen molar-refractivity contribution in [3.8, 4) is 0 Å². The van der Waals surface area contributed by atoms with Crippen molar-refractivity contribution in [3.63, 3.8) is 0 Å². The third-order valence-corrected chi connectivity index (χ3v) is 6.89. The van der Waals surface area contributed by atoms with E-state index in [2.05, 4.69) is 28.6 Å². The van der Waals surface area contributed by atoms with Gasteiger partial charge in [0.1, 0.15) is 0 Å². The molecule has 1 saturated heterocycles. The lowest BCUT2D eigenvalue weighted by atomic mass is 10.0. The van der Waals surface area contributed by atoms with E-state index < -0.39 is 10.0 Å². The van der Waals surface area contributed by atoms with Crippen LogP contribution in [0.15, 0.2) is 4.21 Å². The van der Waals surface area contributed by atoms with Crippen LogP contribution in [0.2, 0.25) is 4.47 Å². The Kier molecular flexibility index (Phi) is 4.52. The first-order chi connectivity index (χ1) is 8.79. The minimum absolute atomic E-state index is 0.0172. The number of sulfonamides is 1. The van der Waals surface area contributed by atoms with Crippen LogP contribution < -0.4 is 4.72 Å². The lowest BCUT2D eigenvalue weighted by Crippen LogP contribution is -2.47. The van der Waals surface area contributed by atoms with Crippen molar-refractivity contribution in [3.05, 3.63) is 10.2 Å². The maximum Gasteiger partial charge on any atom is 0.252 e. The van der Waals surface area contributed by atoms with E-state index in [-0.39, 0.29) is 14.7 Å². The molecule has 2 atom stereocenters. The van der Waals surface area contributed by atoms with Crippen LogP contribution in [0.4, 0.5) is 0 Å². The zero-order valence-electron chi connectivity index (χ0n) is 11.2. The van der Waals surface area contributed by atoms with Gasteiger partial charge in [0, 0.05) is 12.1 Å². The molecule has 2 unspecified atom stereocenters. The Hall–Kier alpha value is -0.210. The highest BCUT2D eigenvalue weighted by Gasteiger charge is 2.29. The molecular formula is C11H18ClN3O2S2. The second kappa shape index (κ2) is 5.65. The summed E-state index contributed by atoms with van der Waals surface area (Å²) in [5, 5.41) is 0. The van der Waals surface area contributed by atoms with Gasteiger partial charge in [0.2, 0.25) is 0 Å². The van der Waals surface area contributed by atoms with Crippen LogP contribution in [0.25, 0.3) is 0 Å². The molecule has 1 aromatic rings. The molecule has 0 aromatic carbocycles. The fourth-order valence-electron chi connectivity index (χ4n) is 2.27. The molecule has 8 heteroatoms. The normalized spacial score (nSPS) is 25.7. The summed E-state index contributed by atoms with van der Waals surface area (Å²) < 4.78 is 27.9. The van der Waals surface area contributed by atoms with Gasteiger partial charge >= 0.3 is 0 Å². The van der Waals surface area contributed by atoms with Gasteiger partial charge in [-0.15, -0.1) is 0 Å². The van der Waals surface area contributed by atoms with Gasteiger partial charge < -0.3 is 4.90 Å². The number of nitrogens with zero attached hydrogens (tertiary/aromatic N) is 2. The van der Waals surface area contributed by atoms with Gasteiger partial charge in [-0.3, -0.25) is 0 Å². The zero-order valence-corrected chi connectivity index (χ0v) is 13.6. The summed E-state index contributed by atoms with van der Waals surface area (Å²) in [5.41, 5.74) is 0.462. The van der Waals surface area contributed by atoms with Crippen molar-refractivity contribution in [2.75, 3.05) is 13.6 Å². The van der Waals surface area contributed by atoms with E-state index >= 15 is 0 Å². The van der Waals surface area contributed by atoms with Gasteiger partial charge in [-0.05, 0) is 40.3 Å². The van der Waals surface area contributed by atoms with E-state index in [1.54, 1.807) is 6.92 Å². The molecule has 1 aliphatic heterocycles. The molecule has 0 radical (unpaired) electrons. The highest BCUT2D eigenvalue weighted by Crippen LogP contribution is 2.27. The number of halogens is 1. The van der Waals surface area contributed by atoms with Gasteiger partial charge in [-0.1, -0.05) is 22.9 Å². The summed E-state index contributed by atoms with van der Waals surface area (Å²) in [6.45, 7) is 4.67. The van der Waals surface area contributed by atoms with Crippen molar-refractivity contribution in [1.82, 2.24) is 14.6 Å². The maximum atomic E-state index is 12.3. The number of thiazole rings is 1. The predicted octanol–water partition coefficient (Wildman–Crippen LogP) is 1.87. The number of hydrogen-bond acceptors (Lipinski definition) is 5. The first kappa shape index (κ1) is 15.2. The standard InChI is InChI=1S/C11H18ClN3O2S2/c1-7-6-9(4-5-15(7)3)14-19(16,17)10-8(2)13-11(12)18-10/h7,9,14H,4-6H2,1-3H3. The molecule has 0 saturated carbocycles. The Bertz CT molecular complexity index is 558. The SMILES string of the molecule is Cc1nc(Cl)sc1S(=O)(=O)NC1CCN(C)C(C)C1. The van der Waals surface area contributed by atoms with E-state index in [1.807, 2.05) is 0 Å². The van der Waals surface area contributed by atoms with Crippen LogP contribution in [-0.2, 0) is 10.0 Å². The van der Waals surface area contributed by atoms with Gasteiger partial charge in [0.25, 0.3) is 10.0 Å². The van der Waals surface area contributed by atoms with Crippen LogP contribution in [0, 0.1) is 6.92 Å². The van der Waals surface area contributed by atoms with Crippen molar-refractivity contribution in [2.24, 2.45) is 0 Å². The van der Waals surface area contributed by atoms with Crippen molar-refractivity contribution >= 4 is 33.0 Å². The minimum Gasteiger partial charge on any atom is -0.304 e. The minimum atomic E-state index is -3.51. The molecule has 2 heterocycles. The molecule has 0 aliphatic carbocycles. The summed E-state index contributed by atoms with van der Waals surface area (Å²) in [4.78, 5) is 6.19. The van der Waals surface area contributed by atoms with Crippen LogP contribution in [-0.4, -0.2) is 44.0 Å². The van der Waals surface area contributed by atoms with Gasteiger partial charge in [-0.2, -0.15) is 0 Å². The average molecular weight is 324 g/mol. The lowest BCUT2D eigenvalue weighted by Gasteiger charge is -2.35. The second-order valence-corrected chi connectivity index (χ2v) is 8.50. The van der Waals surface area contributed by atoms with E-state index in [1.165, 1.54) is 0 Å². The first-order valence-electron chi connectivity index (χ1n) is 6.15. The Morgan fingerprint density at radius 2 is 2.21 bits per heavy atom. The third kappa shape index (κ3) is 3.46. The van der Waals surface area contributed by atoms with Crippen LogP contribution in [0.5, 0.6) is 0 Å². The van der Waals surface area contributed by atoms with Crippen LogP contribution >= 0.6 is 22.9 Å². The van der Waals surface area contributed by atoms with Gasteiger partial charge in [0.15, 0.2) is 8.68 Å². The second-order valence-electron chi connectivity index (χ2n) is 5.01. The Balaban J connectivity index is 2.12. The molecule has 108 valence electrons. The van der Waals surface area contributed by atoms with Gasteiger partial charge in [0.05, 0.1) is 5.69 Å². The maximum absolute atomic E-state index is 12.3. The molecule has 5 nitrogen and oxygen atoms in total. The van der Waals surface area contributed by atoms with Crippen LogP contribution in [0.3, 0.4) is 0 Å². The Morgan fingerprint density at radius 1 is 1.53 bits per heavy atom. The molecule has 19 heavy (non-hydrogen) atoms. The third-order valence-electron chi connectivity index (χ3n) is 3.50. The summed E-state index contributed by atoms with van der Waals surface area (Å²) >= 11 is 6.77. The topological polar surface area (TPSA) is 62.3 Å². The largest absolute Gasteiger partial charge is 0.304 e. The Morgan fingerprint density at radius 3 is 2.74 bits per heavy atom. The molecule has 0 spiro atoms. The number of hydrogen-bond donors (Lipinski definition) is 1. The number of aryl methyl sites for hydroxylation is 1. The number of aromatic nitrogens is 1. The molecule has 0 bridgehead atoms. The summed E-state index contributed by atoms with van der Waals surface area (Å²) in [7, 11) is -1.45. The van der Waals surface area contributed by atoms with Gasteiger partial charge in [-0.25, -0.2) is 18.1 Å². The molecule has 1 aromatic heterocycles. The number of likely N-dealkylation sites (tertiary alicyclic amines) is 1. The van der Waals surface area contributed by atoms with Crippen molar-refractivity contribution in [2.45, 2.75) is 43.0 Å². The molecule has 1 fully saturated rings. The molecular weight excluding hydrogens is 306 g/mol. The fraction of sp³-hybridized carbons (Fsp3) is 0.727. The summed E-state index contributed by atoms with van der Waals surface area (Å²) in [6, 6.07) is 0.365. The first-order valence-corrected chi connectivity index (χ1v) is 8.83. The smallest absolute Gasteiger partial charge is 0.252 e. The molecule has 0 amide bonds. The Labute approximate surface area is 123 Å². The van der Waals surface area contributed by atoms with E-state index in [0.717, 1.165) is 30.7 Å². The van der Waals surface area contributed by atoms with E-state index in [9.17, 15) is 8.42 Å². The highest BCUT2D eigenvalue weighted by atomic mass is 35.5. The zero-order chi connectivity index (χ0) is 14.2. The summed E-state index contributed by atoms with van der Waals surface area (Å²) in [5.74, 6) is 0. The molecule has 2 rings (SSSR count). The number of nitrogens with one attached hydrogen (secondary N) is 1. The quantitative estimate of drug-likeness (QED) is 0.922. The van der Waals surface area contributed by atoms with E-state index in [4.69, 9.17) is 11.6 Å². The summed E-state index contributed by atoms with van der Waals surface area (Å²) in [6.07, 6.45) is 1.65. The van der Waals surface area contributed by atoms with Crippen molar-refractivity contribution < 1.29 is 8.42 Å². The lowest BCUT2D eigenvalue weighted by molar-refractivity contribution is 0.178. The number of piperidine rings is 1. The number of rotatable bonds is 3. The predicted molar refractivity (Wildman–Crippen MR) is 77.3 cm³/mol. The van der Waals surface area contributed by atoms with E-state index in [0.29, 0.717) is 11.7 Å². The van der Waals surface area contributed by atoms with Crippen LogP contribution in [0.1, 0.15) is 25.5 Å². The average Bonchev–Trinajstić information content (AvgIpc) is 2.63. The highest BCUT2D eigenvalue weighted by molar-refractivity contribution is 7.91. The van der Waals surface area contributed by atoms with Crippen molar-refractivity contribution in [1.29, 1.82) is 0 Å². The fourth-order valence-corrected chi connectivity index (χ4v) is 5.31. The molecule has 1 aliphatic rings. The molecule has 1 N–H and O–H groups in total.